The average molecular weight is 592 g/mol. The summed E-state index contributed by atoms with van der Waals surface area (Å²) in [5, 5.41) is 20.4. The summed E-state index contributed by atoms with van der Waals surface area (Å²) in [7, 11) is 0. The van der Waals surface area contributed by atoms with E-state index in [9.17, 15) is 18.0 Å². The zero-order chi connectivity index (χ0) is 30.6. The quantitative estimate of drug-likeness (QED) is 0.192. The third-order valence-electron chi connectivity index (χ3n) is 7.85. The molecule has 1 fully saturated rings. The van der Waals surface area contributed by atoms with Crippen molar-refractivity contribution < 1.29 is 18.0 Å². The van der Waals surface area contributed by atoms with Crippen molar-refractivity contribution in [3.05, 3.63) is 72.3 Å². The monoisotopic (exact) mass is 591 g/mol. The number of hydrogen-bond donors (Lipinski definition) is 3. The van der Waals surface area contributed by atoms with Crippen molar-refractivity contribution >= 4 is 23.1 Å². The molecule has 1 aliphatic rings. The van der Waals surface area contributed by atoms with E-state index in [0.717, 1.165) is 27.9 Å². The fourth-order valence-corrected chi connectivity index (χ4v) is 5.73. The summed E-state index contributed by atoms with van der Waals surface area (Å²) in [5.74, 6) is -0.589. The first-order valence-electron chi connectivity index (χ1n) is 14.5. The summed E-state index contributed by atoms with van der Waals surface area (Å²) in [6.45, 7) is 6.77. The van der Waals surface area contributed by atoms with E-state index in [2.05, 4.69) is 50.0 Å². The normalized spacial score (nSPS) is 17.1. The summed E-state index contributed by atoms with van der Waals surface area (Å²) in [5.41, 5.74) is 5.48. The van der Waals surface area contributed by atoms with Gasteiger partial charge in [0.25, 0.3) is 0 Å². The van der Waals surface area contributed by atoms with Gasteiger partial charge in [-0.1, -0.05) is 61.9 Å². The lowest BCUT2D eigenvalue weighted by Crippen LogP contribution is -2.42. The number of aromatic amines is 1. The highest BCUT2D eigenvalue weighted by molar-refractivity contribution is 6.02. The Bertz CT molecular complexity index is 1510. The first-order valence-corrected chi connectivity index (χ1v) is 14.5. The van der Waals surface area contributed by atoms with Crippen LogP contribution in [0.4, 0.5) is 35.0 Å². The lowest BCUT2D eigenvalue weighted by atomic mass is 9.84. The van der Waals surface area contributed by atoms with Crippen LogP contribution in [0, 0.1) is 18.8 Å². The minimum atomic E-state index is -4.18. The van der Waals surface area contributed by atoms with Gasteiger partial charge in [-0.3, -0.25) is 0 Å². The number of carbonyl (C=O) groups is 1. The topological polar surface area (TPSA) is 98.8 Å². The van der Waals surface area contributed by atoms with Gasteiger partial charge < -0.3 is 15.5 Å². The number of anilines is 3. The molecule has 0 atom stereocenters. The largest absolute Gasteiger partial charge is 0.391 e. The van der Waals surface area contributed by atoms with Crippen molar-refractivity contribution in [2.45, 2.75) is 58.7 Å². The highest BCUT2D eigenvalue weighted by Gasteiger charge is 2.42. The smallest absolute Gasteiger partial charge is 0.367 e. The van der Waals surface area contributed by atoms with Crippen LogP contribution in [0.3, 0.4) is 0 Å². The third-order valence-corrected chi connectivity index (χ3v) is 7.85. The van der Waals surface area contributed by atoms with Crippen LogP contribution < -0.4 is 15.5 Å². The number of urea groups is 1. The lowest BCUT2D eigenvalue weighted by molar-refractivity contribution is -0.182. The molecule has 226 valence electrons. The molecule has 4 aromatic rings. The molecule has 3 aromatic carbocycles. The zero-order valence-electron chi connectivity index (χ0n) is 24.4. The van der Waals surface area contributed by atoms with Crippen LogP contribution in [0.2, 0.25) is 0 Å². The van der Waals surface area contributed by atoms with Gasteiger partial charge in [0.05, 0.1) is 17.3 Å². The Hall–Kier alpha value is -4.41. The maximum Gasteiger partial charge on any atom is 0.391 e. The number of aryl methyl sites for hydroxylation is 1. The van der Waals surface area contributed by atoms with Crippen LogP contribution in [0.1, 0.15) is 45.1 Å². The van der Waals surface area contributed by atoms with E-state index < -0.39 is 18.1 Å². The summed E-state index contributed by atoms with van der Waals surface area (Å²) in [6.07, 6.45) is -3.14. The molecule has 3 N–H and O–H groups in total. The van der Waals surface area contributed by atoms with Gasteiger partial charge in [0.1, 0.15) is 0 Å². The minimum absolute atomic E-state index is 0.0841. The van der Waals surface area contributed by atoms with E-state index >= 15 is 0 Å². The number of carbonyl (C=O) groups excluding carboxylic acids is 1. The first kappa shape index (κ1) is 30.1. The molecule has 0 aliphatic heterocycles. The second-order valence-corrected chi connectivity index (χ2v) is 11.6. The summed E-state index contributed by atoms with van der Waals surface area (Å²) in [6, 6.07) is 20.4. The molecule has 0 radical (unpaired) electrons. The second kappa shape index (κ2) is 12.8. The predicted molar refractivity (Wildman–Crippen MR) is 163 cm³/mol. The SMILES string of the molecule is Cc1ccc(NC(=O)Nc2cc(-c3ccccc3-c3nn[nH]n3)ccc2N(CC(C)C)C2CCC(C(F)(F)F)CC2)cc1. The highest BCUT2D eigenvalue weighted by Crippen LogP contribution is 2.42. The molecule has 2 amide bonds. The summed E-state index contributed by atoms with van der Waals surface area (Å²) < 4.78 is 40.4. The van der Waals surface area contributed by atoms with Gasteiger partial charge in [0.2, 0.25) is 5.82 Å². The molecule has 1 heterocycles. The van der Waals surface area contributed by atoms with Crippen LogP contribution in [0.5, 0.6) is 0 Å². The van der Waals surface area contributed by atoms with Crippen molar-refractivity contribution in [2.24, 2.45) is 11.8 Å². The number of aromatic nitrogens is 4. The van der Waals surface area contributed by atoms with E-state index in [-0.39, 0.29) is 24.8 Å². The molecule has 0 spiro atoms. The Morgan fingerprint density at radius 2 is 1.67 bits per heavy atom. The van der Waals surface area contributed by atoms with Gasteiger partial charge in [-0.15, -0.1) is 10.2 Å². The standard InChI is InChI=1S/C32H36F3N7O/c1-20(2)19-42(25-15-11-23(12-16-25)32(33,34)35)29-17-10-22(26-6-4-5-7-27(26)30-38-40-41-39-30)18-28(29)37-31(43)36-24-13-8-21(3)9-14-24/h4-10,13-14,17-18,20,23,25H,11-12,15-16,19H2,1-3H3,(H2,36,37,43)(H,38,39,40,41). The molecule has 1 saturated carbocycles. The van der Waals surface area contributed by atoms with Crippen LogP contribution in [-0.2, 0) is 0 Å². The predicted octanol–water partition coefficient (Wildman–Crippen LogP) is 8.07. The maximum atomic E-state index is 13.5. The molecule has 0 saturated heterocycles. The van der Waals surface area contributed by atoms with Crippen molar-refractivity contribution in [3.63, 3.8) is 0 Å². The Balaban J connectivity index is 1.52. The van der Waals surface area contributed by atoms with Gasteiger partial charge in [0.15, 0.2) is 0 Å². The van der Waals surface area contributed by atoms with Crippen molar-refractivity contribution in [2.75, 3.05) is 22.1 Å². The minimum Gasteiger partial charge on any atom is -0.367 e. The first-order chi connectivity index (χ1) is 20.6. The molecule has 5 rings (SSSR count). The zero-order valence-corrected chi connectivity index (χ0v) is 24.4. The second-order valence-electron chi connectivity index (χ2n) is 11.6. The molecule has 8 nitrogen and oxygen atoms in total. The Labute approximate surface area is 249 Å². The number of hydrogen-bond acceptors (Lipinski definition) is 5. The Morgan fingerprint density at radius 3 is 2.30 bits per heavy atom. The fraction of sp³-hybridized carbons (Fsp3) is 0.375. The van der Waals surface area contributed by atoms with Crippen LogP contribution >= 0.6 is 0 Å². The molecule has 0 unspecified atom stereocenters. The molecule has 1 aliphatic carbocycles. The van der Waals surface area contributed by atoms with Crippen molar-refractivity contribution in [1.29, 1.82) is 0 Å². The highest BCUT2D eigenvalue weighted by atomic mass is 19.4. The van der Waals surface area contributed by atoms with E-state index in [4.69, 9.17) is 0 Å². The van der Waals surface area contributed by atoms with Gasteiger partial charge in [-0.05, 0) is 79.1 Å². The molecular weight excluding hydrogens is 555 g/mol. The van der Waals surface area contributed by atoms with Gasteiger partial charge >= 0.3 is 12.2 Å². The van der Waals surface area contributed by atoms with Gasteiger partial charge in [-0.2, -0.15) is 18.4 Å². The van der Waals surface area contributed by atoms with E-state index in [1.165, 1.54) is 0 Å². The lowest BCUT2D eigenvalue weighted by Gasteiger charge is -2.40. The van der Waals surface area contributed by atoms with E-state index in [0.29, 0.717) is 36.6 Å². The number of alkyl halides is 3. The molecule has 1 aromatic heterocycles. The fourth-order valence-electron chi connectivity index (χ4n) is 5.73. The number of tetrazole rings is 1. The number of benzene rings is 3. The van der Waals surface area contributed by atoms with E-state index in [1.807, 2.05) is 73.7 Å². The molecule has 0 bridgehead atoms. The van der Waals surface area contributed by atoms with Crippen LogP contribution in [0.25, 0.3) is 22.5 Å². The Morgan fingerprint density at radius 1 is 0.977 bits per heavy atom. The average Bonchev–Trinajstić information content (AvgIpc) is 3.52. The van der Waals surface area contributed by atoms with Crippen LogP contribution in [0.15, 0.2) is 66.7 Å². The van der Waals surface area contributed by atoms with Crippen molar-refractivity contribution in [1.82, 2.24) is 20.6 Å². The number of nitrogens with one attached hydrogen (secondary N) is 3. The Kier molecular flexibility index (Phi) is 8.98. The van der Waals surface area contributed by atoms with Gasteiger partial charge in [-0.25, -0.2) is 4.79 Å². The van der Waals surface area contributed by atoms with Crippen LogP contribution in [-0.4, -0.2) is 45.4 Å². The number of nitrogens with zero attached hydrogens (tertiary/aromatic N) is 4. The molecule has 11 heteroatoms. The number of H-pyrrole nitrogens is 1. The summed E-state index contributed by atoms with van der Waals surface area (Å²) >= 11 is 0. The maximum absolute atomic E-state index is 13.5. The number of amides is 2. The van der Waals surface area contributed by atoms with E-state index in [1.54, 1.807) is 0 Å². The summed E-state index contributed by atoms with van der Waals surface area (Å²) in [4.78, 5) is 15.5. The van der Waals surface area contributed by atoms with Gasteiger partial charge in [0, 0.05) is 23.8 Å². The molecule has 43 heavy (non-hydrogen) atoms. The third kappa shape index (κ3) is 7.33. The van der Waals surface area contributed by atoms with Crippen molar-refractivity contribution in [3.8, 4) is 22.5 Å². The molecular formula is C32H36F3N7O. The number of rotatable bonds is 8. The number of halogens is 3.